The van der Waals surface area contributed by atoms with Gasteiger partial charge in [-0.15, -0.1) is 0 Å². The number of aryl methyl sites for hydroxylation is 1. The molecule has 6 rings (SSSR count). The molecule has 0 aromatic heterocycles. The van der Waals surface area contributed by atoms with E-state index in [9.17, 15) is 19.2 Å². The summed E-state index contributed by atoms with van der Waals surface area (Å²) in [5, 5.41) is 0. The highest BCUT2D eigenvalue weighted by atomic mass is 16.5. The Morgan fingerprint density at radius 2 is 0.947 bits per heavy atom. The molecule has 4 aliphatic rings. The molecule has 4 saturated heterocycles. The molecule has 0 bridgehead atoms. The van der Waals surface area contributed by atoms with Gasteiger partial charge < -0.3 is 14.2 Å². The number of ether oxygens (including phenoxy) is 3. The smallest absolute Gasteiger partial charge is 0.240 e. The predicted octanol–water partition coefficient (Wildman–Crippen LogP) is 9.25. The largest absolute Gasteiger partial charge is 0.382 e. The van der Waals surface area contributed by atoms with E-state index in [0.717, 1.165) is 25.7 Å². The van der Waals surface area contributed by atoms with E-state index in [1.54, 1.807) is 12.1 Å². The number of nitrogens with zero attached hydrogens (tertiary/aromatic N) is 2. The summed E-state index contributed by atoms with van der Waals surface area (Å²) in [5.74, 6) is -2.93. The fraction of sp³-hybridized carbons (Fsp3) is 0.667. The van der Waals surface area contributed by atoms with Crippen LogP contribution < -0.4 is 4.90 Å². The SMILES string of the molecule is CCCCCCCCCCCCCCCCN1C(=O)C2C(CCc3ccccc3)OC(CCC3OC(CCOCC)C4C(=O)N(c5ccccc5)C(=O)C34)C2C1=O. The van der Waals surface area contributed by atoms with Crippen LogP contribution in [-0.2, 0) is 39.8 Å². The van der Waals surface area contributed by atoms with Gasteiger partial charge in [0.15, 0.2) is 0 Å². The topological polar surface area (TPSA) is 102 Å². The Hall–Kier alpha value is -3.40. The maximum atomic E-state index is 14.1. The number of benzene rings is 2. The Kier molecular flexibility index (Phi) is 16.7. The molecule has 0 aliphatic carbocycles. The number of anilines is 1. The van der Waals surface area contributed by atoms with E-state index in [4.69, 9.17) is 14.2 Å². The molecular weight excluding hydrogens is 717 g/mol. The number of imide groups is 2. The van der Waals surface area contributed by atoms with E-state index >= 15 is 0 Å². The molecule has 4 fully saturated rings. The van der Waals surface area contributed by atoms with Crippen molar-refractivity contribution in [2.24, 2.45) is 23.7 Å². The quantitative estimate of drug-likeness (QED) is 0.0693. The summed E-state index contributed by atoms with van der Waals surface area (Å²) >= 11 is 0. The zero-order chi connectivity index (χ0) is 40.0. The van der Waals surface area contributed by atoms with E-state index in [2.05, 4.69) is 19.1 Å². The third-order valence-electron chi connectivity index (χ3n) is 13.0. The lowest BCUT2D eigenvalue weighted by atomic mass is 9.83. The standard InChI is InChI=1S/C48H68N2O7/c1-3-5-6-7-8-9-10-11-12-13-14-15-16-23-33-49-45(51)41-37(29-28-35-24-19-17-20-25-35)56-38(42(41)46(49)52)30-31-39-43-44(40(57-39)32-34-55-4-2)48(54)50(47(43)53)36-26-21-18-22-27-36/h17-22,24-27,37-44H,3-16,23,28-34H2,1-2H3. The highest BCUT2D eigenvalue weighted by Crippen LogP contribution is 2.48. The van der Waals surface area contributed by atoms with Crippen LogP contribution in [0, 0.1) is 23.7 Å². The molecule has 8 atom stereocenters. The molecule has 0 saturated carbocycles. The van der Waals surface area contributed by atoms with Gasteiger partial charge in [-0.1, -0.05) is 139 Å². The van der Waals surface area contributed by atoms with Crippen LogP contribution in [-0.4, -0.2) is 72.7 Å². The van der Waals surface area contributed by atoms with Crippen molar-refractivity contribution in [1.82, 2.24) is 4.90 Å². The van der Waals surface area contributed by atoms with Gasteiger partial charge in [-0.3, -0.25) is 24.1 Å². The van der Waals surface area contributed by atoms with Crippen molar-refractivity contribution in [1.29, 1.82) is 0 Å². The molecule has 0 radical (unpaired) electrons. The van der Waals surface area contributed by atoms with Gasteiger partial charge >= 0.3 is 0 Å². The molecule has 9 heteroatoms. The number of amides is 4. The lowest BCUT2D eigenvalue weighted by molar-refractivity contribution is -0.144. The molecule has 57 heavy (non-hydrogen) atoms. The second kappa shape index (κ2) is 22.1. The van der Waals surface area contributed by atoms with Crippen LogP contribution in [0.15, 0.2) is 60.7 Å². The van der Waals surface area contributed by atoms with Crippen molar-refractivity contribution in [2.45, 2.75) is 160 Å². The third kappa shape index (κ3) is 10.8. The summed E-state index contributed by atoms with van der Waals surface area (Å²) in [6.45, 7) is 5.66. The maximum absolute atomic E-state index is 14.1. The number of likely N-dealkylation sites (tertiary alicyclic amines) is 1. The Labute approximate surface area is 341 Å². The van der Waals surface area contributed by atoms with Crippen LogP contribution in [0.4, 0.5) is 5.69 Å². The van der Waals surface area contributed by atoms with Crippen LogP contribution >= 0.6 is 0 Å². The molecule has 312 valence electrons. The zero-order valence-electron chi connectivity index (χ0n) is 34.7. The Morgan fingerprint density at radius 3 is 1.46 bits per heavy atom. The minimum atomic E-state index is -0.617. The third-order valence-corrected chi connectivity index (χ3v) is 13.0. The Balaban J connectivity index is 1.04. The minimum absolute atomic E-state index is 0.0940. The van der Waals surface area contributed by atoms with Gasteiger partial charge in [-0.2, -0.15) is 0 Å². The number of fused-ring (bicyclic) bond motifs is 2. The average Bonchev–Trinajstić information content (AvgIpc) is 3.93. The number of rotatable bonds is 26. The molecule has 2 aromatic carbocycles. The highest BCUT2D eigenvalue weighted by molar-refractivity contribution is 6.22. The first-order valence-corrected chi connectivity index (χ1v) is 22.6. The monoisotopic (exact) mass is 785 g/mol. The van der Waals surface area contributed by atoms with Crippen LogP contribution in [0.3, 0.4) is 0 Å². The average molecular weight is 785 g/mol. The number of hydrogen-bond acceptors (Lipinski definition) is 7. The highest BCUT2D eigenvalue weighted by Gasteiger charge is 2.62. The molecule has 2 aromatic rings. The van der Waals surface area contributed by atoms with Gasteiger partial charge in [0.05, 0.1) is 53.8 Å². The number of para-hydroxylation sites is 1. The van der Waals surface area contributed by atoms with Crippen molar-refractivity contribution in [3.63, 3.8) is 0 Å². The molecule has 0 N–H and O–H groups in total. The normalized spacial score (nSPS) is 26.9. The molecule has 0 spiro atoms. The van der Waals surface area contributed by atoms with E-state index in [0.29, 0.717) is 51.1 Å². The van der Waals surface area contributed by atoms with E-state index in [1.807, 2.05) is 43.3 Å². The van der Waals surface area contributed by atoms with E-state index < -0.39 is 42.0 Å². The van der Waals surface area contributed by atoms with E-state index in [-0.39, 0.29) is 29.7 Å². The fourth-order valence-electron chi connectivity index (χ4n) is 9.97. The lowest BCUT2D eigenvalue weighted by Gasteiger charge is -2.24. The molecule has 4 heterocycles. The summed E-state index contributed by atoms with van der Waals surface area (Å²) in [6, 6.07) is 19.3. The maximum Gasteiger partial charge on any atom is 0.240 e. The van der Waals surface area contributed by atoms with Crippen LogP contribution in [0.2, 0.25) is 0 Å². The number of hydrogen-bond donors (Lipinski definition) is 0. The Bertz CT molecular complexity index is 1570. The van der Waals surface area contributed by atoms with Crippen molar-refractivity contribution < 1.29 is 33.4 Å². The van der Waals surface area contributed by atoms with Crippen LogP contribution in [0.1, 0.15) is 135 Å². The summed E-state index contributed by atoms with van der Waals surface area (Å²) in [7, 11) is 0. The molecule has 8 unspecified atom stereocenters. The van der Waals surface area contributed by atoms with Gasteiger partial charge in [-0.25, -0.2) is 4.90 Å². The summed E-state index contributed by atoms with van der Waals surface area (Å²) < 4.78 is 18.9. The van der Waals surface area contributed by atoms with Crippen molar-refractivity contribution >= 4 is 29.3 Å². The van der Waals surface area contributed by atoms with Crippen molar-refractivity contribution in [2.75, 3.05) is 24.7 Å². The van der Waals surface area contributed by atoms with Gasteiger partial charge in [0.25, 0.3) is 0 Å². The molecular formula is C48H68N2O7. The number of carbonyl (C=O) groups is 4. The molecule has 4 amide bonds. The van der Waals surface area contributed by atoms with Gasteiger partial charge in [-0.05, 0) is 63.1 Å². The van der Waals surface area contributed by atoms with Gasteiger partial charge in [0.2, 0.25) is 23.6 Å². The first kappa shape index (κ1) is 43.2. The lowest BCUT2D eigenvalue weighted by Crippen LogP contribution is -2.37. The van der Waals surface area contributed by atoms with Gasteiger partial charge in [0.1, 0.15) is 0 Å². The minimum Gasteiger partial charge on any atom is -0.382 e. The number of unbranched alkanes of at least 4 members (excludes halogenated alkanes) is 13. The first-order valence-electron chi connectivity index (χ1n) is 22.6. The zero-order valence-corrected chi connectivity index (χ0v) is 34.7. The van der Waals surface area contributed by atoms with Gasteiger partial charge in [0, 0.05) is 19.8 Å². The number of carbonyl (C=O) groups excluding carboxylic acids is 4. The van der Waals surface area contributed by atoms with Crippen LogP contribution in [0.25, 0.3) is 0 Å². The summed E-state index contributed by atoms with van der Waals surface area (Å²) in [5.41, 5.74) is 1.74. The van der Waals surface area contributed by atoms with E-state index in [1.165, 1.54) is 86.0 Å². The predicted molar refractivity (Wildman–Crippen MR) is 222 cm³/mol. The molecule has 4 aliphatic heterocycles. The second-order valence-electron chi connectivity index (χ2n) is 16.9. The fourth-order valence-corrected chi connectivity index (χ4v) is 9.97. The van der Waals surface area contributed by atoms with Crippen molar-refractivity contribution in [3.05, 3.63) is 66.2 Å². The van der Waals surface area contributed by atoms with Crippen LogP contribution in [0.5, 0.6) is 0 Å². The summed E-state index contributed by atoms with van der Waals surface area (Å²) in [4.78, 5) is 58.9. The molecule has 9 nitrogen and oxygen atoms in total. The summed E-state index contributed by atoms with van der Waals surface area (Å²) in [6.07, 6.45) is 18.6. The Morgan fingerprint density at radius 1 is 0.509 bits per heavy atom. The van der Waals surface area contributed by atoms with Crippen molar-refractivity contribution in [3.8, 4) is 0 Å². The second-order valence-corrected chi connectivity index (χ2v) is 16.9. The first-order chi connectivity index (χ1) is 27.9.